The highest BCUT2D eigenvalue weighted by Gasteiger charge is 2.11. The van der Waals surface area contributed by atoms with Crippen LogP contribution in [0.1, 0.15) is 5.56 Å². The van der Waals surface area contributed by atoms with Gasteiger partial charge in [-0.1, -0.05) is 31.9 Å². The van der Waals surface area contributed by atoms with Crippen LogP contribution in [0.15, 0.2) is 39.3 Å². The summed E-state index contributed by atoms with van der Waals surface area (Å²) >= 11 is 6.95. The largest absolute Gasteiger partial charge is 0.398 e. The van der Waals surface area contributed by atoms with E-state index in [-0.39, 0.29) is 0 Å². The van der Waals surface area contributed by atoms with Crippen molar-refractivity contribution in [1.29, 1.82) is 0 Å². The predicted molar refractivity (Wildman–Crippen MR) is 86.1 cm³/mol. The summed E-state index contributed by atoms with van der Waals surface area (Å²) in [5.41, 5.74) is 10.7. The molecule has 1 heterocycles. The number of hydrogen-bond acceptors (Lipinski definition) is 2. The number of H-pyrrole nitrogens is 1. The Morgan fingerprint density at radius 2 is 1.89 bits per heavy atom. The number of aromatic amines is 1. The van der Waals surface area contributed by atoms with E-state index in [9.17, 15) is 0 Å². The second-order valence-electron chi connectivity index (χ2n) is 4.44. The van der Waals surface area contributed by atoms with Crippen molar-refractivity contribution >= 4 is 48.6 Å². The molecule has 0 saturated heterocycles. The number of nitrogen functional groups attached to an aromatic ring is 1. The fraction of sp³-hybridized carbons (Fsp3) is 0.0714. The smallest absolute Gasteiger partial charge is 0.140 e. The third-order valence-corrected chi connectivity index (χ3v) is 3.96. The van der Waals surface area contributed by atoms with Crippen molar-refractivity contribution < 1.29 is 0 Å². The fourth-order valence-electron chi connectivity index (χ4n) is 2.11. The van der Waals surface area contributed by atoms with Crippen LogP contribution in [-0.2, 0) is 0 Å². The Morgan fingerprint density at radius 1 is 1.11 bits per heavy atom. The number of benzene rings is 2. The maximum atomic E-state index is 6.02. The molecule has 3 aromatic rings. The molecule has 5 heteroatoms. The van der Waals surface area contributed by atoms with E-state index in [0.29, 0.717) is 5.69 Å². The van der Waals surface area contributed by atoms with Crippen molar-refractivity contribution in [3.63, 3.8) is 0 Å². The summed E-state index contributed by atoms with van der Waals surface area (Å²) in [5, 5.41) is 0. The van der Waals surface area contributed by atoms with Crippen LogP contribution in [0.5, 0.6) is 0 Å². The summed E-state index contributed by atoms with van der Waals surface area (Å²) in [6, 6.07) is 9.83. The molecule has 0 radical (unpaired) electrons. The molecule has 96 valence electrons. The quantitative estimate of drug-likeness (QED) is 0.604. The number of aromatic nitrogens is 2. The first kappa shape index (κ1) is 12.7. The van der Waals surface area contributed by atoms with Crippen molar-refractivity contribution in [2.24, 2.45) is 0 Å². The van der Waals surface area contributed by atoms with Gasteiger partial charge in [0.05, 0.1) is 11.0 Å². The van der Waals surface area contributed by atoms with Crippen LogP contribution in [0, 0.1) is 6.92 Å². The molecule has 2 aromatic carbocycles. The molecule has 19 heavy (non-hydrogen) atoms. The topological polar surface area (TPSA) is 54.7 Å². The summed E-state index contributed by atoms with van der Waals surface area (Å²) in [6.45, 7) is 2.04. The Kier molecular flexibility index (Phi) is 3.11. The molecule has 3 N–H and O–H groups in total. The van der Waals surface area contributed by atoms with Gasteiger partial charge in [0.1, 0.15) is 5.82 Å². The third kappa shape index (κ3) is 2.28. The Morgan fingerprint density at radius 3 is 2.68 bits per heavy atom. The molecule has 0 unspecified atom stereocenters. The molecule has 3 nitrogen and oxygen atoms in total. The maximum absolute atomic E-state index is 6.02. The lowest BCUT2D eigenvalue weighted by molar-refractivity contribution is 1.33. The van der Waals surface area contributed by atoms with Crippen molar-refractivity contribution in [2.45, 2.75) is 6.92 Å². The van der Waals surface area contributed by atoms with Crippen molar-refractivity contribution in [2.75, 3.05) is 5.73 Å². The Balaban J connectivity index is 2.26. The summed E-state index contributed by atoms with van der Waals surface area (Å²) in [5.74, 6) is 0.787. The van der Waals surface area contributed by atoms with E-state index < -0.39 is 0 Å². The number of rotatable bonds is 1. The number of hydrogen-bond donors (Lipinski definition) is 2. The zero-order valence-corrected chi connectivity index (χ0v) is 13.3. The van der Waals surface area contributed by atoms with Gasteiger partial charge >= 0.3 is 0 Å². The van der Waals surface area contributed by atoms with E-state index in [1.54, 1.807) is 0 Å². The van der Waals surface area contributed by atoms with Crippen molar-refractivity contribution in [1.82, 2.24) is 9.97 Å². The minimum Gasteiger partial charge on any atom is -0.398 e. The van der Waals surface area contributed by atoms with Gasteiger partial charge < -0.3 is 10.7 Å². The summed E-state index contributed by atoms with van der Waals surface area (Å²) in [6.07, 6.45) is 0. The van der Waals surface area contributed by atoms with E-state index >= 15 is 0 Å². The molecular weight excluding hydrogens is 370 g/mol. The van der Waals surface area contributed by atoms with Crippen LogP contribution in [0.4, 0.5) is 5.69 Å². The number of nitrogens with zero attached hydrogens (tertiary/aromatic N) is 1. The molecule has 0 bridgehead atoms. The normalized spacial score (nSPS) is 11.1. The standard InChI is InChI=1S/C14H11Br2N3/c1-7-4-9(16)6-12-13(7)19-14(18-12)10-5-8(15)2-3-11(10)17/h2-6H,17H2,1H3,(H,18,19). The Labute approximate surface area is 127 Å². The Hall–Kier alpha value is -1.33. The first-order valence-electron chi connectivity index (χ1n) is 5.76. The average Bonchev–Trinajstić information content (AvgIpc) is 2.76. The summed E-state index contributed by atoms with van der Waals surface area (Å²) < 4.78 is 2.02. The van der Waals surface area contributed by atoms with Crippen LogP contribution in [0.2, 0.25) is 0 Å². The second kappa shape index (κ2) is 4.65. The Bertz CT molecular complexity index is 778. The first-order chi connectivity index (χ1) is 9.04. The minimum atomic E-state index is 0.707. The lowest BCUT2D eigenvalue weighted by atomic mass is 10.2. The van der Waals surface area contributed by atoms with E-state index in [1.807, 2.05) is 31.2 Å². The average molecular weight is 381 g/mol. The number of anilines is 1. The van der Waals surface area contributed by atoms with Gasteiger partial charge in [-0.05, 0) is 42.8 Å². The SMILES string of the molecule is Cc1cc(Br)cc2[nH]c(-c3cc(Br)ccc3N)nc12. The number of nitrogens with two attached hydrogens (primary N) is 1. The van der Waals surface area contributed by atoms with Gasteiger partial charge in [-0.3, -0.25) is 0 Å². The van der Waals surface area contributed by atoms with E-state index in [1.165, 1.54) is 0 Å². The molecule has 0 aliphatic rings. The van der Waals surface area contributed by atoms with Gasteiger partial charge in [0.2, 0.25) is 0 Å². The summed E-state index contributed by atoms with van der Waals surface area (Å²) in [7, 11) is 0. The molecule has 1 aromatic heterocycles. The highest BCUT2D eigenvalue weighted by molar-refractivity contribution is 9.10. The lowest BCUT2D eigenvalue weighted by Gasteiger charge is -2.02. The van der Waals surface area contributed by atoms with Crippen molar-refractivity contribution in [3.05, 3.63) is 44.8 Å². The van der Waals surface area contributed by atoms with Gasteiger partial charge in [-0.25, -0.2) is 4.98 Å². The fourth-order valence-corrected chi connectivity index (χ4v) is 3.04. The monoisotopic (exact) mass is 379 g/mol. The van der Waals surface area contributed by atoms with Gasteiger partial charge in [-0.2, -0.15) is 0 Å². The van der Waals surface area contributed by atoms with E-state index in [2.05, 4.69) is 47.9 Å². The molecule has 0 fully saturated rings. The third-order valence-electron chi connectivity index (χ3n) is 3.01. The molecule has 0 spiro atoms. The lowest BCUT2D eigenvalue weighted by Crippen LogP contribution is -1.91. The molecule has 0 saturated carbocycles. The van der Waals surface area contributed by atoms with Crippen LogP contribution in [0.25, 0.3) is 22.4 Å². The van der Waals surface area contributed by atoms with Crippen LogP contribution >= 0.6 is 31.9 Å². The zero-order valence-electron chi connectivity index (χ0n) is 10.2. The number of imidazole rings is 1. The predicted octanol–water partition coefficient (Wildman–Crippen LogP) is 4.65. The molecule has 0 amide bonds. The molecule has 0 aliphatic heterocycles. The zero-order chi connectivity index (χ0) is 13.6. The number of fused-ring (bicyclic) bond motifs is 1. The van der Waals surface area contributed by atoms with Crippen LogP contribution in [-0.4, -0.2) is 9.97 Å². The minimum absolute atomic E-state index is 0.707. The molecule has 3 rings (SSSR count). The van der Waals surface area contributed by atoms with Crippen molar-refractivity contribution in [3.8, 4) is 11.4 Å². The summed E-state index contributed by atoms with van der Waals surface area (Å²) in [4.78, 5) is 7.97. The molecule has 0 atom stereocenters. The van der Waals surface area contributed by atoms with E-state index in [4.69, 9.17) is 5.73 Å². The van der Waals surface area contributed by atoms with Crippen LogP contribution < -0.4 is 5.73 Å². The highest BCUT2D eigenvalue weighted by Crippen LogP contribution is 2.30. The molecular formula is C14H11Br2N3. The highest BCUT2D eigenvalue weighted by atomic mass is 79.9. The maximum Gasteiger partial charge on any atom is 0.140 e. The number of nitrogens with one attached hydrogen (secondary N) is 1. The number of halogens is 2. The number of aryl methyl sites for hydroxylation is 1. The van der Waals surface area contributed by atoms with Crippen LogP contribution in [0.3, 0.4) is 0 Å². The van der Waals surface area contributed by atoms with Gasteiger partial charge in [-0.15, -0.1) is 0 Å². The van der Waals surface area contributed by atoms with Gasteiger partial charge in [0, 0.05) is 20.2 Å². The first-order valence-corrected chi connectivity index (χ1v) is 7.34. The van der Waals surface area contributed by atoms with Gasteiger partial charge in [0.25, 0.3) is 0 Å². The molecule has 0 aliphatic carbocycles. The van der Waals surface area contributed by atoms with Gasteiger partial charge in [0.15, 0.2) is 0 Å². The van der Waals surface area contributed by atoms with E-state index in [0.717, 1.165) is 36.9 Å². The second-order valence-corrected chi connectivity index (χ2v) is 6.27.